The fourth-order valence-electron chi connectivity index (χ4n) is 0.951. The van der Waals surface area contributed by atoms with E-state index in [9.17, 15) is 0 Å². The molecule has 0 fully saturated rings. The van der Waals surface area contributed by atoms with Crippen LogP contribution in [0, 0.1) is 0 Å². The van der Waals surface area contributed by atoms with E-state index < -0.39 is 6.34 Å². The van der Waals surface area contributed by atoms with Crippen molar-refractivity contribution < 1.29 is 0 Å². The smallest absolute Gasteiger partial charge is 0.112 e. The molecule has 0 aliphatic heterocycles. The van der Waals surface area contributed by atoms with E-state index in [-0.39, 0.29) is 0 Å². The van der Waals surface area contributed by atoms with Gasteiger partial charge in [-0.15, -0.1) is 11.6 Å². The van der Waals surface area contributed by atoms with Gasteiger partial charge in [-0.1, -0.05) is 30.0 Å². The summed E-state index contributed by atoms with van der Waals surface area (Å²) in [4.78, 5) is 0. The van der Waals surface area contributed by atoms with Crippen molar-refractivity contribution in [2.45, 2.75) is 0 Å². The van der Waals surface area contributed by atoms with Crippen LogP contribution in [0.25, 0.3) is 0 Å². The van der Waals surface area contributed by atoms with Crippen LogP contribution in [0.15, 0.2) is 30.3 Å². The van der Waals surface area contributed by atoms with Crippen LogP contribution in [-0.4, -0.2) is 24.4 Å². The number of anilines is 1. The number of nitrogens with zero attached hydrogens (tertiary/aromatic N) is 1. The second-order valence-electron chi connectivity index (χ2n) is 3.15. The quantitative estimate of drug-likeness (QED) is 0.651. The van der Waals surface area contributed by atoms with E-state index in [1.807, 2.05) is 49.1 Å². The summed E-state index contributed by atoms with van der Waals surface area (Å²) in [5.74, 6) is 0. The van der Waals surface area contributed by atoms with Crippen LogP contribution >= 0.6 is 17.9 Å². The average Bonchev–Trinajstić information content (AvgIpc) is 2.19. The average molecular weight is 249 g/mol. The number of benzene rings is 1. The highest BCUT2D eigenvalue weighted by Gasteiger charge is 2.17. The van der Waals surface area contributed by atoms with Gasteiger partial charge in [0.05, 0.1) is 5.62 Å². The summed E-state index contributed by atoms with van der Waals surface area (Å²) in [6, 6.07) is 9.93. The Morgan fingerprint density at radius 1 is 1.36 bits per heavy atom. The Labute approximate surface area is 95.4 Å². The van der Waals surface area contributed by atoms with Crippen LogP contribution in [0.5, 0.6) is 0 Å². The van der Waals surface area contributed by atoms with Crippen molar-refractivity contribution in [2.75, 3.05) is 24.8 Å². The van der Waals surface area contributed by atoms with E-state index >= 15 is 0 Å². The third kappa shape index (κ3) is 2.96. The van der Waals surface area contributed by atoms with Crippen LogP contribution in [0.3, 0.4) is 0 Å². The minimum Gasteiger partial charge on any atom is -0.345 e. The van der Waals surface area contributed by atoms with Gasteiger partial charge in [0.1, 0.15) is 6.34 Å². The van der Waals surface area contributed by atoms with Crippen molar-refractivity contribution >= 4 is 35.4 Å². The zero-order valence-corrected chi connectivity index (χ0v) is 10.7. The summed E-state index contributed by atoms with van der Waals surface area (Å²) >= 11 is 11.4. The first kappa shape index (κ1) is 12.0. The number of hydrogen-bond acceptors (Lipinski definition) is 1. The van der Waals surface area contributed by atoms with Gasteiger partial charge in [-0.25, -0.2) is 0 Å². The zero-order chi connectivity index (χ0) is 10.6. The standard InChI is InChI=1S/C9H14ClN2PS/c1-12(2)13(14,8-10)11-9-6-4-3-5-7-9/h3-7H,8H2,1-2H3,(H,11,14). The summed E-state index contributed by atoms with van der Waals surface area (Å²) in [6.45, 7) is 0. The van der Waals surface area contributed by atoms with E-state index in [2.05, 4.69) is 5.09 Å². The Morgan fingerprint density at radius 2 is 1.93 bits per heavy atom. The molecule has 1 N–H and O–H groups in total. The number of rotatable bonds is 4. The first-order chi connectivity index (χ1) is 6.58. The molecule has 78 valence electrons. The highest BCUT2D eigenvalue weighted by atomic mass is 35.5. The van der Waals surface area contributed by atoms with E-state index in [1.54, 1.807) is 0 Å². The maximum Gasteiger partial charge on any atom is 0.112 e. The number of alkyl halides is 1. The molecule has 1 atom stereocenters. The molecule has 0 amide bonds. The molecule has 5 heteroatoms. The largest absolute Gasteiger partial charge is 0.345 e. The SMILES string of the molecule is CN(C)P(=S)(CCl)Nc1ccccc1. The van der Waals surface area contributed by atoms with Crippen LogP contribution in [0.1, 0.15) is 0 Å². The Hall–Kier alpha value is -0.0800. The normalized spacial score (nSPS) is 15.1. The number of para-hydroxylation sites is 1. The van der Waals surface area contributed by atoms with Crippen LogP contribution < -0.4 is 5.09 Å². The lowest BCUT2D eigenvalue weighted by Crippen LogP contribution is -2.15. The summed E-state index contributed by atoms with van der Waals surface area (Å²) in [7, 11) is 3.91. The summed E-state index contributed by atoms with van der Waals surface area (Å²) in [6.07, 6.45) is -1.81. The lowest BCUT2D eigenvalue weighted by molar-refractivity contribution is 0.680. The molecule has 1 unspecified atom stereocenters. The van der Waals surface area contributed by atoms with Crippen molar-refractivity contribution in [1.82, 2.24) is 4.67 Å². The Balaban J connectivity index is 2.81. The van der Waals surface area contributed by atoms with Crippen molar-refractivity contribution in [3.8, 4) is 0 Å². The molecule has 0 radical (unpaired) electrons. The highest BCUT2D eigenvalue weighted by molar-refractivity contribution is 8.14. The molecule has 0 aliphatic rings. The van der Waals surface area contributed by atoms with Crippen LogP contribution in [-0.2, 0) is 11.8 Å². The second kappa shape index (κ2) is 5.13. The van der Waals surface area contributed by atoms with E-state index in [0.717, 1.165) is 5.69 Å². The van der Waals surface area contributed by atoms with Gasteiger partial charge in [-0.05, 0) is 26.2 Å². The molecule has 0 heterocycles. The fraction of sp³-hybridized carbons (Fsp3) is 0.333. The van der Waals surface area contributed by atoms with Gasteiger partial charge in [0.2, 0.25) is 0 Å². The maximum atomic E-state index is 5.89. The molecular formula is C9H14ClN2PS. The molecule has 0 aliphatic carbocycles. The molecule has 0 spiro atoms. The molecule has 0 saturated carbocycles. The van der Waals surface area contributed by atoms with Gasteiger partial charge in [-0.3, -0.25) is 4.67 Å². The van der Waals surface area contributed by atoms with Gasteiger partial charge in [0, 0.05) is 5.69 Å². The van der Waals surface area contributed by atoms with E-state index in [0.29, 0.717) is 5.62 Å². The molecule has 14 heavy (non-hydrogen) atoms. The topological polar surface area (TPSA) is 15.3 Å². The fourth-order valence-corrected chi connectivity index (χ4v) is 3.11. The van der Waals surface area contributed by atoms with Gasteiger partial charge in [0.25, 0.3) is 0 Å². The first-order valence-electron chi connectivity index (χ1n) is 4.24. The molecule has 0 saturated heterocycles. The summed E-state index contributed by atoms with van der Waals surface area (Å²) in [5, 5.41) is 3.32. The first-order valence-corrected chi connectivity index (χ1v) is 7.72. The number of nitrogens with one attached hydrogen (secondary N) is 1. The maximum absolute atomic E-state index is 5.89. The monoisotopic (exact) mass is 248 g/mol. The Kier molecular flexibility index (Phi) is 4.39. The van der Waals surface area contributed by atoms with Gasteiger partial charge < -0.3 is 5.09 Å². The molecule has 1 rings (SSSR count). The molecule has 1 aromatic carbocycles. The van der Waals surface area contributed by atoms with Gasteiger partial charge >= 0.3 is 0 Å². The molecule has 1 aromatic rings. The molecular weight excluding hydrogens is 235 g/mol. The van der Waals surface area contributed by atoms with Crippen molar-refractivity contribution in [1.29, 1.82) is 0 Å². The molecule has 2 nitrogen and oxygen atoms in total. The van der Waals surface area contributed by atoms with E-state index in [1.165, 1.54) is 0 Å². The highest BCUT2D eigenvalue weighted by Crippen LogP contribution is 2.48. The lowest BCUT2D eigenvalue weighted by atomic mass is 10.3. The minimum absolute atomic E-state index is 0.463. The van der Waals surface area contributed by atoms with Gasteiger partial charge in [-0.2, -0.15) is 0 Å². The Bertz CT molecular complexity index is 329. The van der Waals surface area contributed by atoms with Crippen molar-refractivity contribution in [3.05, 3.63) is 30.3 Å². The van der Waals surface area contributed by atoms with Crippen LogP contribution in [0.4, 0.5) is 5.69 Å². The molecule has 0 bridgehead atoms. The van der Waals surface area contributed by atoms with E-state index in [4.69, 9.17) is 23.4 Å². The predicted molar refractivity (Wildman–Crippen MR) is 68.8 cm³/mol. The minimum atomic E-state index is -1.81. The predicted octanol–water partition coefficient (Wildman–Crippen LogP) is 3.17. The summed E-state index contributed by atoms with van der Waals surface area (Å²) < 4.78 is 2.00. The van der Waals surface area contributed by atoms with Crippen LogP contribution in [0.2, 0.25) is 0 Å². The van der Waals surface area contributed by atoms with Gasteiger partial charge in [0.15, 0.2) is 0 Å². The third-order valence-electron chi connectivity index (χ3n) is 1.89. The Morgan fingerprint density at radius 3 is 2.36 bits per heavy atom. The number of hydrogen-bond donors (Lipinski definition) is 1. The second-order valence-corrected chi connectivity index (χ2v) is 8.34. The molecule has 0 aromatic heterocycles. The lowest BCUT2D eigenvalue weighted by Gasteiger charge is -2.28. The number of halogens is 1. The third-order valence-corrected chi connectivity index (χ3v) is 7.21. The summed E-state index contributed by atoms with van der Waals surface area (Å²) in [5.41, 5.74) is 1.50. The zero-order valence-electron chi connectivity index (χ0n) is 8.27. The van der Waals surface area contributed by atoms with Crippen molar-refractivity contribution in [3.63, 3.8) is 0 Å². The van der Waals surface area contributed by atoms with Crippen molar-refractivity contribution in [2.24, 2.45) is 0 Å².